The number of hydrogen-bond acceptors (Lipinski definition) is 6. The molecule has 6 nitrogen and oxygen atoms in total. The Morgan fingerprint density at radius 1 is 1.19 bits per heavy atom. The fourth-order valence-corrected chi connectivity index (χ4v) is 2.26. The zero-order valence-corrected chi connectivity index (χ0v) is 11.9. The van der Waals surface area contributed by atoms with Crippen molar-refractivity contribution in [2.45, 2.75) is 20.3 Å². The average Bonchev–Trinajstić information content (AvgIpc) is 2.89. The minimum absolute atomic E-state index is 0.285. The zero-order valence-electron chi connectivity index (χ0n) is 11.9. The van der Waals surface area contributed by atoms with Crippen LogP contribution in [0.1, 0.15) is 18.3 Å². The third-order valence-electron chi connectivity index (χ3n) is 3.27. The predicted octanol–water partition coefficient (Wildman–Crippen LogP) is 2.65. The maximum atomic E-state index is 5.95. The molecule has 21 heavy (non-hydrogen) atoms. The van der Waals surface area contributed by atoms with Gasteiger partial charge in [0, 0.05) is 18.0 Å². The van der Waals surface area contributed by atoms with Gasteiger partial charge >= 0.3 is 0 Å². The summed E-state index contributed by atoms with van der Waals surface area (Å²) in [5, 5.41) is 12.5. The van der Waals surface area contributed by atoms with E-state index in [2.05, 4.69) is 20.3 Å². The first kappa shape index (κ1) is 13.2. The minimum Gasteiger partial charge on any atom is -0.367 e. The van der Waals surface area contributed by atoms with Crippen molar-refractivity contribution in [3.63, 3.8) is 0 Å². The Bertz CT molecular complexity index is 767. The van der Waals surface area contributed by atoms with E-state index in [4.69, 9.17) is 10.3 Å². The van der Waals surface area contributed by atoms with Crippen LogP contribution >= 0.6 is 0 Å². The maximum Gasteiger partial charge on any atom is 0.230 e. The Hall–Kier alpha value is -2.76. The van der Waals surface area contributed by atoms with Crippen molar-refractivity contribution in [1.82, 2.24) is 20.3 Å². The van der Waals surface area contributed by atoms with E-state index in [1.54, 1.807) is 12.4 Å². The van der Waals surface area contributed by atoms with Crippen molar-refractivity contribution in [2.75, 3.05) is 5.73 Å². The minimum atomic E-state index is 0.285. The van der Waals surface area contributed by atoms with Crippen LogP contribution in [0, 0.1) is 6.92 Å². The van der Waals surface area contributed by atoms with Gasteiger partial charge in [-0.3, -0.25) is 4.98 Å². The maximum absolute atomic E-state index is 5.95. The van der Waals surface area contributed by atoms with Crippen molar-refractivity contribution in [3.05, 3.63) is 42.0 Å². The van der Waals surface area contributed by atoms with Gasteiger partial charge < -0.3 is 10.3 Å². The Morgan fingerprint density at radius 3 is 2.67 bits per heavy atom. The number of hydrogen-bond donors (Lipinski definition) is 1. The number of nitrogen functional groups attached to an aromatic ring is 1. The average molecular weight is 281 g/mol. The molecule has 0 radical (unpaired) electrons. The molecule has 3 aromatic heterocycles. The summed E-state index contributed by atoms with van der Waals surface area (Å²) in [6.07, 6.45) is 4.18. The molecule has 0 amide bonds. The van der Waals surface area contributed by atoms with Crippen LogP contribution < -0.4 is 5.73 Å². The number of pyridine rings is 1. The molecule has 3 rings (SSSR count). The molecule has 0 unspecified atom stereocenters. The van der Waals surface area contributed by atoms with Gasteiger partial charge in [-0.1, -0.05) is 12.1 Å². The quantitative estimate of drug-likeness (QED) is 0.793. The highest BCUT2D eigenvalue weighted by molar-refractivity contribution is 5.87. The number of aromatic nitrogens is 4. The molecule has 0 fully saturated rings. The van der Waals surface area contributed by atoms with Gasteiger partial charge in [-0.05, 0) is 37.1 Å². The van der Waals surface area contributed by atoms with Crippen molar-refractivity contribution >= 4 is 5.88 Å². The highest BCUT2D eigenvalue weighted by atomic mass is 16.5. The Kier molecular flexibility index (Phi) is 3.35. The van der Waals surface area contributed by atoms with Gasteiger partial charge in [0.2, 0.25) is 5.88 Å². The van der Waals surface area contributed by atoms with E-state index >= 15 is 0 Å². The van der Waals surface area contributed by atoms with E-state index in [1.807, 2.05) is 32.0 Å². The summed E-state index contributed by atoms with van der Waals surface area (Å²) in [7, 11) is 0. The van der Waals surface area contributed by atoms with Gasteiger partial charge in [0.05, 0.1) is 17.0 Å². The molecule has 0 saturated heterocycles. The second-order valence-electron chi connectivity index (χ2n) is 4.71. The molecule has 106 valence electrons. The third kappa shape index (κ3) is 2.35. The first-order valence-electron chi connectivity index (χ1n) is 6.69. The van der Waals surface area contributed by atoms with Crippen LogP contribution in [0.15, 0.2) is 35.1 Å². The molecule has 0 atom stereocenters. The summed E-state index contributed by atoms with van der Waals surface area (Å²) < 4.78 is 5.20. The zero-order chi connectivity index (χ0) is 14.8. The Balaban J connectivity index is 2.24. The highest BCUT2D eigenvalue weighted by Gasteiger charge is 2.20. The fraction of sp³-hybridized carbons (Fsp3) is 0.200. The standard InChI is InChI=1S/C15H15N5O/c1-3-12-11(8-9(2)18-19-12)14-13(15(16)21-20-14)10-4-6-17-7-5-10/h4-8H,3,16H2,1-2H3. The fourth-order valence-electron chi connectivity index (χ4n) is 2.26. The van der Waals surface area contributed by atoms with Gasteiger partial charge in [0.1, 0.15) is 5.69 Å². The second-order valence-corrected chi connectivity index (χ2v) is 4.71. The smallest absolute Gasteiger partial charge is 0.230 e. The molecule has 0 aliphatic heterocycles. The largest absolute Gasteiger partial charge is 0.367 e. The third-order valence-corrected chi connectivity index (χ3v) is 3.27. The van der Waals surface area contributed by atoms with Gasteiger partial charge in [0.15, 0.2) is 0 Å². The summed E-state index contributed by atoms with van der Waals surface area (Å²) >= 11 is 0. The molecule has 0 aromatic carbocycles. The van der Waals surface area contributed by atoms with E-state index in [0.717, 1.165) is 34.5 Å². The number of rotatable bonds is 3. The lowest BCUT2D eigenvalue weighted by atomic mass is 10.00. The summed E-state index contributed by atoms with van der Waals surface area (Å²) in [6.45, 7) is 3.92. The van der Waals surface area contributed by atoms with Crippen LogP contribution in [0.5, 0.6) is 0 Å². The predicted molar refractivity (Wildman–Crippen MR) is 79.3 cm³/mol. The van der Waals surface area contributed by atoms with Crippen molar-refractivity contribution in [3.8, 4) is 22.4 Å². The SMILES string of the molecule is CCc1nnc(C)cc1-c1noc(N)c1-c1ccncc1. The van der Waals surface area contributed by atoms with Crippen LogP contribution in [-0.4, -0.2) is 20.3 Å². The molecular formula is C15H15N5O. The topological polar surface area (TPSA) is 90.7 Å². The monoisotopic (exact) mass is 281 g/mol. The molecule has 3 aromatic rings. The molecule has 0 aliphatic rings. The molecule has 0 bridgehead atoms. The molecule has 3 heterocycles. The van der Waals surface area contributed by atoms with E-state index in [9.17, 15) is 0 Å². The number of nitrogens with zero attached hydrogens (tertiary/aromatic N) is 4. The highest BCUT2D eigenvalue weighted by Crippen LogP contribution is 2.36. The number of aryl methyl sites for hydroxylation is 2. The lowest BCUT2D eigenvalue weighted by Crippen LogP contribution is -1.98. The summed E-state index contributed by atoms with van der Waals surface area (Å²) in [5.74, 6) is 0.285. The van der Waals surface area contributed by atoms with Crippen LogP contribution in [0.3, 0.4) is 0 Å². The lowest BCUT2D eigenvalue weighted by Gasteiger charge is -2.06. The van der Waals surface area contributed by atoms with Gasteiger partial charge in [-0.15, -0.1) is 0 Å². The lowest BCUT2D eigenvalue weighted by molar-refractivity contribution is 0.439. The molecule has 0 saturated carbocycles. The Labute approximate surface area is 122 Å². The normalized spacial score (nSPS) is 10.8. The van der Waals surface area contributed by atoms with Gasteiger partial charge in [-0.2, -0.15) is 10.2 Å². The van der Waals surface area contributed by atoms with Crippen molar-refractivity contribution in [1.29, 1.82) is 0 Å². The van der Waals surface area contributed by atoms with Crippen molar-refractivity contribution < 1.29 is 4.52 Å². The number of nitrogens with two attached hydrogens (primary N) is 1. The first-order valence-corrected chi connectivity index (χ1v) is 6.69. The second kappa shape index (κ2) is 5.32. The molecule has 6 heteroatoms. The summed E-state index contributed by atoms with van der Waals surface area (Å²) in [4.78, 5) is 4.02. The van der Waals surface area contributed by atoms with E-state index in [0.29, 0.717) is 5.69 Å². The molecular weight excluding hydrogens is 266 g/mol. The Morgan fingerprint density at radius 2 is 1.95 bits per heavy atom. The van der Waals surface area contributed by atoms with E-state index in [-0.39, 0.29) is 5.88 Å². The van der Waals surface area contributed by atoms with Crippen LogP contribution in [0.2, 0.25) is 0 Å². The van der Waals surface area contributed by atoms with Crippen LogP contribution in [0.25, 0.3) is 22.4 Å². The summed E-state index contributed by atoms with van der Waals surface area (Å²) in [6, 6.07) is 5.70. The molecule has 0 spiro atoms. The van der Waals surface area contributed by atoms with Crippen LogP contribution in [-0.2, 0) is 6.42 Å². The van der Waals surface area contributed by atoms with E-state index < -0.39 is 0 Å². The van der Waals surface area contributed by atoms with Crippen LogP contribution in [0.4, 0.5) is 5.88 Å². The first-order chi connectivity index (χ1) is 10.2. The van der Waals surface area contributed by atoms with E-state index in [1.165, 1.54) is 0 Å². The summed E-state index contributed by atoms with van der Waals surface area (Å²) in [5.41, 5.74) is 10.9. The van der Waals surface area contributed by atoms with Gasteiger partial charge in [-0.25, -0.2) is 0 Å². The number of anilines is 1. The van der Waals surface area contributed by atoms with Gasteiger partial charge in [0.25, 0.3) is 0 Å². The molecule has 2 N–H and O–H groups in total. The van der Waals surface area contributed by atoms with Crippen molar-refractivity contribution in [2.24, 2.45) is 0 Å². The molecule has 0 aliphatic carbocycles.